The van der Waals surface area contributed by atoms with Crippen LogP contribution in [0.1, 0.15) is 5.56 Å². The van der Waals surface area contributed by atoms with E-state index in [1.54, 1.807) is 24.7 Å². The maximum Gasteiger partial charge on any atom is 0.228 e. The van der Waals surface area contributed by atoms with E-state index in [0.717, 1.165) is 49.9 Å². The van der Waals surface area contributed by atoms with Crippen molar-refractivity contribution in [1.82, 2.24) is 25.1 Å². The summed E-state index contributed by atoms with van der Waals surface area (Å²) in [5, 5.41) is 12.4. The lowest BCUT2D eigenvalue weighted by molar-refractivity contribution is -0.115. The number of nitrogens with zero attached hydrogens (tertiary/aromatic N) is 3. The van der Waals surface area contributed by atoms with Crippen LogP contribution in [0.3, 0.4) is 0 Å². The minimum Gasteiger partial charge on any atom is -0.497 e. The molecule has 0 unspecified atom stereocenters. The molecule has 8 nitrogen and oxygen atoms in total. The van der Waals surface area contributed by atoms with E-state index in [-0.39, 0.29) is 12.3 Å². The smallest absolute Gasteiger partial charge is 0.228 e. The van der Waals surface area contributed by atoms with Crippen LogP contribution in [0.2, 0.25) is 0 Å². The molecule has 7 aromatic rings. The molecule has 3 aromatic carbocycles. The number of aromatic amines is 2. The lowest BCUT2D eigenvalue weighted by Crippen LogP contribution is -2.14. The molecule has 3 N–H and O–H groups in total. The molecule has 0 radical (unpaired) electrons. The summed E-state index contributed by atoms with van der Waals surface area (Å²) in [4.78, 5) is 25.0. The van der Waals surface area contributed by atoms with E-state index in [4.69, 9.17) is 4.74 Å². The largest absolute Gasteiger partial charge is 0.497 e. The van der Waals surface area contributed by atoms with Gasteiger partial charge in [0.25, 0.3) is 0 Å². The monoisotopic (exact) mass is 568 g/mol. The number of carbonyl (C=O) groups is 1. The average Bonchev–Trinajstić information content (AvgIpc) is 3.65. The van der Waals surface area contributed by atoms with Crippen molar-refractivity contribution in [2.24, 2.45) is 0 Å². The van der Waals surface area contributed by atoms with Gasteiger partial charge in [-0.05, 0) is 53.6 Å². The summed E-state index contributed by atoms with van der Waals surface area (Å²) in [7, 11) is 1.51. The highest BCUT2D eigenvalue weighted by atomic mass is 19.1. The Labute approximate surface area is 245 Å². The third-order valence-corrected chi connectivity index (χ3v) is 7.31. The number of benzene rings is 3. The molecule has 0 saturated carbocycles. The number of hydrogen-bond donors (Lipinski definition) is 3. The Morgan fingerprint density at radius 1 is 0.860 bits per heavy atom. The Balaban J connectivity index is 1.22. The molecule has 0 saturated heterocycles. The van der Waals surface area contributed by atoms with Crippen LogP contribution in [0.25, 0.3) is 55.6 Å². The maximum absolute atomic E-state index is 14.3. The summed E-state index contributed by atoms with van der Waals surface area (Å²) < 4.78 is 19.6. The molecule has 9 heteroatoms. The highest BCUT2D eigenvalue weighted by Gasteiger charge is 2.16. The summed E-state index contributed by atoms with van der Waals surface area (Å²) in [6.45, 7) is 0. The number of rotatable bonds is 7. The molecule has 4 aromatic heterocycles. The van der Waals surface area contributed by atoms with Crippen molar-refractivity contribution in [1.29, 1.82) is 0 Å². The van der Waals surface area contributed by atoms with Gasteiger partial charge in [-0.2, -0.15) is 5.10 Å². The van der Waals surface area contributed by atoms with E-state index in [2.05, 4.69) is 30.5 Å². The highest BCUT2D eigenvalue weighted by Crippen LogP contribution is 2.35. The van der Waals surface area contributed by atoms with Gasteiger partial charge < -0.3 is 15.0 Å². The molecule has 0 bridgehead atoms. The number of pyridine rings is 2. The number of carbonyl (C=O) groups excluding carboxylic acids is 1. The van der Waals surface area contributed by atoms with Crippen molar-refractivity contribution in [3.05, 3.63) is 115 Å². The van der Waals surface area contributed by atoms with E-state index in [0.29, 0.717) is 22.7 Å². The van der Waals surface area contributed by atoms with Crippen molar-refractivity contribution in [3.8, 4) is 39.5 Å². The van der Waals surface area contributed by atoms with Crippen LogP contribution in [0.15, 0.2) is 104 Å². The van der Waals surface area contributed by atoms with Gasteiger partial charge in [-0.3, -0.25) is 19.9 Å². The van der Waals surface area contributed by atoms with Crippen LogP contribution >= 0.6 is 0 Å². The zero-order chi connectivity index (χ0) is 29.3. The second-order valence-corrected chi connectivity index (χ2v) is 10.2. The Kier molecular flexibility index (Phi) is 6.59. The van der Waals surface area contributed by atoms with Crippen LogP contribution in [0.5, 0.6) is 5.75 Å². The summed E-state index contributed by atoms with van der Waals surface area (Å²) in [5.74, 6) is -0.0872. The van der Waals surface area contributed by atoms with Gasteiger partial charge in [0, 0.05) is 45.9 Å². The number of anilines is 1. The van der Waals surface area contributed by atoms with Crippen LogP contribution in [0, 0.1) is 5.82 Å². The van der Waals surface area contributed by atoms with Crippen molar-refractivity contribution in [3.63, 3.8) is 0 Å². The van der Waals surface area contributed by atoms with Gasteiger partial charge >= 0.3 is 0 Å². The molecule has 4 heterocycles. The van der Waals surface area contributed by atoms with Gasteiger partial charge in [0.15, 0.2) is 0 Å². The predicted molar refractivity (Wildman–Crippen MR) is 165 cm³/mol. The maximum atomic E-state index is 14.3. The van der Waals surface area contributed by atoms with Crippen LogP contribution in [0.4, 0.5) is 10.1 Å². The molecule has 7 rings (SSSR count). The molecule has 210 valence electrons. The number of halogens is 1. The lowest BCUT2D eigenvalue weighted by Gasteiger charge is -2.08. The summed E-state index contributed by atoms with van der Waals surface area (Å²) in [6, 6.07) is 25.9. The average molecular weight is 569 g/mol. The molecule has 0 aliphatic heterocycles. The zero-order valence-electron chi connectivity index (χ0n) is 23.1. The fourth-order valence-electron chi connectivity index (χ4n) is 5.28. The third kappa shape index (κ3) is 5.19. The van der Waals surface area contributed by atoms with Gasteiger partial charge in [-0.25, -0.2) is 4.39 Å². The molecular weight excluding hydrogens is 543 g/mol. The molecule has 1 amide bonds. The highest BCUT2D eigenvalue weighted by molar-refractivity contribution is 6.01. The second kappa shape index (κ2) is 10.9. The number of H-pyrrole nitrogens is 2. The summed E-state index contributed by atoms with van der Waals surface area (Å²) in [6.07, 6.45) is 5.37. The SMILES string of the molecule is COc1cc(F)cc(-c2nccc3[nH]c(-c4n[nH]c5ccc(-c6cncc(NC(=O)Cc7ccccc7)c6)cc45)cc23)c1. The first-order chi connectivity index (χ1) is 21.0. The number of hydrogen-bond acceptors (Lipinski definition) is 5. The third-order valence-electron chi connectivity index (χ3n) is 7.31. The predicted octanol–water partition coefficient (Wildman–Crippen LogP) is 7.16. The lowest BCUT2D eigenvalue weighted by atomic mass is 10.0. The van der Waals surface area contributed by atoms with Gasteiger partial charge in [0.1, 0.15) is 17.3 Å². The van der Waals surface area contributed by atoms with Gasteiger partial charge in [0.2, 0.25) is 5.91 Å². The number of methoxy groups -OCH3 is 1. The van der Waals surface area contributed by atoms with E-state index in [1.807, 2.05) is 66.7 Å². The fourth-order valence-corrected chi connectivity index (χ4v) is 5.28. The topological polar surface area (TPSA) is 109 Å². The van der Waals surface area contributed by atoms with Crippen LogP contribution in [-0.4, -0.2) is 38.2 Å². The van der Waals surface area contributed by atoms with Crippen molar-refractivity contribution < 1.29 is 13.9 Å². The minimum atomic E-state index is -0.399. The first-order valence-electron chi connectivity index (χ1n) is 13.6. The van der Waals surface area contributed by atoms with E-state index < -0.39 is 5.82 Å². The van der Waals surface area contributed by atoms with Gasteiger partial charge in [0.05, 0.1) is 42.3 Å². The molecular formula is C34H25FN6O2. The van der Waals surface area contributed by atoms with Crippen LogP contribution < -0.4 is 10.1 Å². The Morgan fingerprint density at radius 3 is 2.58 bits per heavy atom. The fraction of sp³-hybridized carbons (Fsp3) is 0.0588. The molecule has 0 aliphatic carbocycles. The number of nitrogens with one attached hydrogen (secondary N) is 3. The number of aromatic nitrogens is 5. The van der Waals surface area contributed by atoms with Crippen molar-refractivity contribution in [2.75, 3.05) is 12.4 Å². The van der Waals surface area contributed by atoms with E-state index >= 15 is 0 Å². The Morgan fingerprint density at radius 2 is 1.72 bits per heavy atom. The van der Waals surface area contributed by atoms with E-state index in [1.165, 1.54) is 19.2 Å². The quantitative estimate of drug-likeness (QED) is 0.189. The number of ether oxygens (including phenoxy) is 1. The molecule has 43 heavy (non-hydrogen) atoms. The summed E-state index contributed by atoms with van der Waals surface area (Å²) >= 11 is 0. The number of fused-ring (bicyclic) bond motifs is 2. The zero-order valence-corrected chi connectivity index (χ0v) is 23.1. The first kappa shape index (κ1) is 26.1. The van der Waals surface area contributed by atoms with Gasteiger partial charge in [-0.1, -0.05) is 36.4 Å². The molecule has 0 atom stereocenters. The second-order valence-electron chi connectivity index (χ2n) is 10.2. The standard InChI is InChI=1S/C34H25FN6O2/c1-43-26-14-22(12-24(35)16-26)33-28-17-31(39-29(28)9-10-37-33)34-27-15-21(7-8-30(27)40-41-34)23-13-25(19-36-18-23)38-32(42)11-20-5-3-2-4-6-20/h2-10,12-19,39H,11H2,1H3,(H,38,42)(H,40,41). The Bertz CT molecular complexity index is 2120. The minimum absolute atomic E-state index is 0.109. The van der Waals surface area contributed by atoms with E-state index in [9.17, 15) is 9.18 Å². The number of amides is 1. The van der Waals surface area contributed by atoms with Crippen molar-refractivity contribution >= 4 is 33.4 Å². The molecule has 0 spiro atoms. The van der Waals surface area contributed by atoms with Gasteiger partial charge in [-0.15, -0.1) is 0 Å². The Hall–Kier alpha value is -5.83. The first-order valence-corrected chi connectivity index (χ1v) is 13.6. The van der Waals surface area contributed by atoms with Crippen molar-refractivity contribution in [2.45, 2.75) is 6.42 Å². The normalized spacial score (nSPS) is 11.2. The van der Waals surface area contributed by atoms with Crippen LogP contribution in [-0.2, 0) is 11.2 Å². The summed E-state index contributed by atoms with van der Waals surface area (Å²) in [5.41, 5.74) is 7.83. The molecule has 0 fully saturated rings. The molecule has 0 aliphatic rings.